The standard InChI is InChI=1S/C24H23N3O/c1-17-12-14-20(15-13-17)23(19-8-4-3-5-9-19)26-18(2)24(28)27-22-11-7-6-10-21(22)16-25/h3-15,18,23,26H,1-2H3,(H,27,28)/t18-,23+/m1/s1. The van der Waals surface area contributed by atoms with Gasteiger partial charge in [0.15, 0.2) is 0 Å². The highest BCUT2D eigenvalue weighted by Crippen LogP contribution is 2.23. The monoisotopic (exact) mass is 369 g/mol. The second-order valence-corrected chi connectivity index (χ2v) is 6.79. The van der Waals surface area contributed by atoms with Crippen molar-refractivity contribution < 1.29 is 4.79 Å². The Morgan fingerprint density at radius 2 is 1.50 bits per heavy atom. The molecule has 28 heavy (non-hydrogen) atoms. The molecule has 4 heteroatoms. The molecule has 0 bridgehead atoms. The first-order valence-electron chi connectivity index (χ1n) is 9.26. The van der Waals surface area contributed by atoms with Crippen LogP contribution in [0.4, 0.5) is 5.69 Å². The zero-order chi connectivity index (χ0) is 19.9. The number of nitrogens with one attached hydrogen (secondary N) is 2. The quantitative estimate of drug-likeness (QED) is 0.669. The number of carbonyl (C=O) groups is 1. The first kappa shape index (κ1) is 19.3. The van der Waals surface area contributed by atoms with Gasteiger partial charge >= 0.3 is 0 Å². The number of carbonyl (C=O) groups excluding carboxylic acids is 1. The maximum absolute atomic E-state index is 12.7. The van der Waals surface area contributed by atoms with E-state index in [0.29, 0.717) is 11.3 Å². The molecular weight excluding hydrogens is 346 g/mol. The zero-order valence-electron chi connectivity index (χ0n) is 16.0. The van der Waals surface area contributed by atoms with Crippen LogP contribution >= 0.6 is 0 Å². The predicted octanol–water partition coefficient (Wildman–Crippen LogP) is 4.57. The van der Waals surface area contributed by atoms with Gasteiger partial charge in [-0.15, -0.1) is 0 Å². The molecule has 0 radical (unpaired) electrons. The number of amides is 1. The highest BCUT2D eigenvalue weighted by atomic mass is 16.2. The Morgan fingerprint density at radius 3 is 2.18 bits per heavy atom. The highest BCUT2D eigenvalue weighted by molar-refractivity contribution is 5.95. The van der Waals surface area contributed by atoms with Crippen molar-refractivity contribution in [2.45, 2.75) is 25.9 Å². The maximum Gasteiger partial charge on any atom is 0.241 e. The molecule has 0 aliphatic rings. The van der Waals surface area contributed by atoms with Crippen molar-refractivity contribution in [2.24, 2.45) is 0 Å². The molecular formula is C24H23N3O. The Bertz CT molecular complexity index is 975. The molecule has 0 aliphatic heterocycles. The van der Waals surface area contributed by atoms with Gasteiger partial charge in [0.05, 0.1) is 23.3 Å². The van der Waals surface area contributed by atoms with E-state index in [1.54, 1.807) is 24.3 Å². The van der Waals surface area contributed by atoms with Gasteiger partial charge in [-0.2, -0.15) is 5.26 Å². The Labute approximate surface area is 165 Å². The predicted molar refractivity (Wildman–Crippen MR) is 112 cm³/mol. The lowest BCUT2D eigenvalue weighted by molar-refractivity contribution is -0.117. The van der Waals surface area contributed by atoms with Gasteiger partial charge in [-0.3, -0.25) is 10.1 Å². The molecule has 0 spiro atoms. The molecule has 3 aromatic rings. The summed E-state index contributed by atoms with van der Waals surface area (Å²) in [6.45, 7) is 3.88. The molecule has 0 aromatic heterocycles. The normalized spacial score (nSPS) is 12.6. The van der Waals surface area contributed by atoms with E-state index >= 15 is 0 Å². The van der Waals surface area contributed by atoms with Gasteiger partial charge in [0.2, 0.25) is 5.91 Å². The van der Waals surface area contributed by atoms with Gasteiger partial charge in [0.25, 0.3) is 0 Å². The summed E-state index contributed by atoms with van der Waals surface area (Å²) in [5.41, 5.74) is 4.34. The number of hydrogen-bond acceptors (Lipinski definition) is 3. The van der Waals surface area contributed by atoms with Crippen molar-refractivity contribution in [1.82, 2.24) is 5.32 Å². The smallest absolute Gasteiger partial charge is 0.241 e. The zero-order valence-corrected chi connectivity index (χ0v) is 16.0. The van der Waals surface area contributed by atoms with Gasteiger partial charge in [0, 0.05) is 0 Å². The Kier molecular flexibility index (Phi) is 6.21. The second-order valence-electron chi connectivity index (χ2n) is 6.79. The lowest BCUT2D eigenvalue weighted by atomic mass is 9.97. The Hall–Kier alpha value is -3.42. The second kappa shape index (κ2) is 8.98. The van der Waals surface area contributed by atoms with E-state index in [1.165, 1.54) is 5.56 Å². The maximum atomic E-state index is 12.7. The summed E-state index contributed by atoms with van der Waals surface area (Å²) in [5.74, 6) is -0.184. The molecule has 0 fully saturated rings. The summed E-state index contributed by atoms with van der Waals surface area (Å²) in [7, 11) is 0. The fourth-order valence-electron chi connectivity index (χ4n) is 3.05. The summed E-state index contributed by atoms with van der Waals surface area (Å²) < 4.78 is 0. The lowest BCUT2D eigenvalue weighted by Gasteiger charge is -2.24. The summed E-state index contributed by atoms with van der Waals surface area (Å²) in [6, 6.07) is 26.9. The number of nitrogens with zero attached hydrogens (tertiary/aromatic N) is 1. The Morgan fingerprint density at radius 1 is 0.893 bits per heavy atom. The van der Waals surface area contributed by atoms with Crippen molar-refractivity contribution in [2.75, 3.05) is 5.32 Å². The van der Waals surface area contributed by atoms with Crippen LogP contribution in [0.15, 0.2) is 78.9 Å². The summed E-state index contributed by atoms with van der Waals surface area (Å²) in [6.07, 6.45) is 0. The van der Waals surface area contributed by atoms with E-state index in [9.17, 15) is 10.1 Å². The van der Waals surface area contributed by atoms with Gasteiger partial charge in [-0.05, 0) is 37.1 Å². The Balaban J connectivity index is 1.81. The van der Waals surface area contributed by atoms with Crippen LogP contribution in [0.1, 0.15) is 35.2 Å². The lowest BCUT2D eigenvalue weighted by Crippen LogP contribution is -2.40. The molecule has 1 amide bonds. The fraction of sp³-hybridized carbons (Fsp3) is 0.167. The van der Waals surface area contributed by atoms with E-state index in [-0.39, 0.29) is 11.9 Å². The van der Waals surface area contributed by atoms with Gasteiger partial charge < -0.3 is 5.32 Å². The SMILES string of the molecule is Cc1ccc([C@@H](N[C@H](C)C(=O)Nc2ccccc2C#N)c2ccccc2)cc1. The summed E-state index contributed by atoms with van der Waals surface area (Å²) in [4.78, 5) is 12.7. The number of benzene rings is 3. The average molecular weight is 369 g/mol. The van der Waals surface area contributed by atoms with Crippen molar-refractivity contribution in [3.8, 4) is 6.07 Å². The third-order valence-corrected chi connectivity index (χ3v) is 4.66. The third kappa shape index (κ3) is 4.64. The largest absolute Gasteiger partial charge is 0.324 e. The van der Waals surface area contributed by atoms with Crippen LogP contribution in [0.5, 0.6) is 0 Å². The molecule has 2 atom stereocenters. The first-order valence-corrected chi connectivity index (χ1v) is 9.26. The fourth-order valence-corrected chi connectivity index (χ4v) is 3.05. The molecule has 3 rings (SSSR count). The van der Waals surface area contributed by atoms with Gasteiger partial charge in [-0.25, -0.2) is 0 Å². The minimum absolute atomic E-state index is 0.117. The molecule has 0 saturated carbocycles. The van der Waals surface area contributed by atoms with Crippen LogP contribution in [0.3, 0.4) is 0 Å². The van der Waals surface area contributed by atoms with Gasteiger partial charge in [-0.1, -0.05) is 72.3 Å². The van der Waals surface area contributed by atoms with Crippen molar-refractivity contribution in [3.63, 3.8) is 0 Å². The van der Waals surface area contributed by atoms with Crippen LogP contribution in [0.25, 0.3) is 0 Å². The van der Waals surface area contributed by atoms with E-state index in [1.807, 2.05) is 37.3 Å². The molecule has 4 nitrogen and oxygen atoms in total. The van der Waals surface area contributed by atoms with E-state index < -0.39 is 6.04 Å². The molecule has 0 saturated heterocycles. The van der Waals surface area contributed by atoms with Crippen LogP contribution in [-0.2, 0) is 4.79 Å². The number of hydrogen-bond donors (Lipinski definition) is 2. The van der Waals surface area contributed by atoms with E-state index in [0.717, 1.165) is 11.1 Å². The molecule has 0 aliphatic carbocycles. The van der Waals surface area contributed by atoms with Crippen molar-refractivity contribution in [3.05, 3.63) is 101 Å². The molecule has 0 heterocycles. The van der Waals surface area contributed by atoms with Crippen molar-refractivity contribution in [1.29, 1.82) is 5.26 Å². The average Bonchev–Trinajstić information content (AvgIpc) is 2.73. The van der Waals surface area contributed by atoms with Crippen LogP contribution in [0.2, 0.25) is 0 Å². The number of rotatable bonds is 6. The number of para-hydroxylation sites is 1. The molecule has 2 N–H and O–H groups in total. The number of nitriles is 1. The third-order valence-electron chi connectivity index (χ3n) is 4.66. The minimum atomic E-state index is -0.460. The topological polar surface area (TPSA) is 64.9 Å². The highest BCUT2D eigenvalue weighted by Gasteiger charge is 2.21. The summed E-state index contributed by atoms with van der Waals surface area (Å²) in [5, 5.41) is 15.5. The van der Waals surface area contributed by atoms with Crippen LogP contribution in [-0.4, -0.2) is 11.9 Å². The van der Waals surface area contributed by atoms with E-state index in [2.05, 4.69) is 47.9 Å². The molecule has 0 unspecified atom stereocenters. The molecule has 3 aromatic carbocycles. The number of anilines is 1. The van der Waals surface area contributed by atoms with Crippen LogP contribution < -0.4 is 10.6 Å². The minimum Gasteiger partial charge on any atom is -0.324 e. The van der Waals surface area contributed by atoms with Gasteiger partial charge in [0.1, 0.15) is 6.07 Å². The molecule has 140 valence electrons. The van der Waals surface area contributed by atoms with Crippen LogP contribution in [0, 0.1) is 18.3 Å². The van der Waals surface area contributed by atoms with Crippen molar-refractivity contribution >= 4 is 11.6 Å². The van der Waals surface area contributed by atoms with E-state index in [4.69, 9.17) is 0 Å². The number of aryl methyl sites for hydroxylation is 1. The first-order chi connectivity index (χ1) is 13.6. The summed E-state index contributed by atoms with van der Waals surface area (Å²) >= 11 is 0.